The number of benzene rings is 2. The van der Waals surface area contributed by atoms with Crippen molar-refractivity contribution in [1.29, 1.82) is 0 Å². The summed E-state index contributed by atoms with van der Waals surface area (Å²) < 4.78 is 2.20. The molecule has 0 fully saturated rings. The molecule has 3 aromatic rings. The van der Waals surface area contributed by atoms with E-state index in [4.69, 9.17) is 0 Å². The number of anilines is 1. The lowest BCUT2D eigenvalue weighted by Gasteiger charge is -2.20. The lowest BCUT2D eigenvalue weighted by atomic mass is 9.87. The molecule has 0 aliphatic rings. The van der Waals surface area contributed by atoms with Crippen molar-refractivity contribution in [3.05, 3.63) is 82.2 Å². The quantitative estimate of drug-likeness (QED) is 0.388. The maximum absolute atomic E-state index is 12.2. The van der Waals surface area contributed by atoms with E-state index >= 15 is 0 Å². The Morgan fingerprint density at radius 3 is 2.26 bits per heavy atom. The fraction of sp³-hybridized carbons (Fsp3) is 0.308. The third kappa shape index (κ3) is 5.23. The summed E-state index contributed by atoms with van der Waals surface area (Å²) in [5.41, 5.74) is 11.2. The molecule has 2 amide bonds. The second-order valence-electron chi connectivity index (χ2n) is 9.10. The van der Waals surface area contributed by atoms with Gasteiger partial charge < -0.3 is 9.88 Å². The van der Waals surface area contributed by atoms with Gasteiger partial charge in [0.2, 0.25) is 0 Å². The first kappa shape index (κ1) is 22.3. The standard InChI is InChI=1S/C26H32N4O/c1-17-8-13-24(18(2)14-17)28-25(31)29-27-16-21-15-19(3)30(20(21)4)23-11-9-22(10-12-23)26(5,6)7/h8-16H,1-7H3,(H2,28,29,31)/b27-16+. The molecule has 5 heteroatoms. The molecule has 162 valence electrons. The van der Waals surface area contributed by atoms with Crippen molar-refractivity contribution in [2.24, 2.45) is 5.10 Å². The van der Waals surface area contributed by atoms with Gasteiger partial charge >= 0.3 is 6.03 Å². The molecule has 0 saturated heterocycles. The van der Waals surface area contributed by atoms with Crippen LogP contribution in [0.25, 0.3) is 5.69 Å². The van der Waals surface area contributed by atoms with Crippen LogP contribution in [-0.4, -0.2) is 16.8 Å². The van der Waals surface area contributed by atoms with E-state index in [2.05, 4.69) is 85.4 Å². The molecule has 0 saturated carbocycles. The Bertz CT molecular complexity index is 1120. The lowest BCUT2D eigenvalue weighted by Crippen LogP contribution is -2.24. The van der Waals surface area contributed by atoms with Crippen molar-refractivity contribution in [2.45, 2.75) is 53.9 Å². The highest BCUT2D eigenvalue weighted by Crippen LogP contribution is 2.25. The van der Waals surface area contributed by atoms with Gasteiger partial charge in [0.1, 0.15) is 0 Å². The first-order valence-electron chi connectivity index (χ1n) is 10.5. The summed E-state index contributed by atoms with van der Waals surface area (Å²) in [5.74, 6) is 0. The summed E-state index contributed by atoms with van der Waals surface area (Å²) >= 11 is 0. The first-order valence-corrected chi connectivity index (χ1v) is 10.5. The highest BCUT2D eigenvalue weighted by molar-refractivity contribution is 5.91. The number of rotatable bonds is 4. The normalized spacial score (nSPS) is 11.7. The van der Waals surface area contributed by atoms with Gasteiger partial charge in [-0.1, -0.05) is 50.6 Å². The first-order chi connectivity index (χ1) is 14.6. The Labute approximate surface area is 185 Å². The van der Waals surface area contributed by atoms with Crippen molar-refractivity contribution < 1.29 is 4.79 Å². The molecule has 31 heavy (non-hydrogen) atoms. The molecule has 2 N–H and O–H groups in total. The Hall–Kier alpha value is -3.34. The Balaban J connectivity index is 1.71. The van der Waals surface area contributed by atoms with Crippen LogP contribution in [0.15, 0.2) is 53.6 Å². The van der Waals surface area contributed by atoms with E-state index in [9.17, 15) is 4.79 Å². The topological polar surface area (TPSA) is 58.4 Å². The average Bonchev–Trinajstić information content (AvgIpc) is 2.97. The number of hydrazone groups is 1. The van der Waals surface area contributed by atoms with Crippen LogP contribution in [0.1, 0.15) is 54.4 Å². The molecular formula is C26H32N4O. The number of nitrogens with zero attached hydrogens (tertiary/aromatic N) is 2. The van der Waals surface area contributed by atoms with Crippen molar-refractivity contribution in [3.63, 3.8) is 0 Å². The number of urea groups is 1. The van der Waals surface area contributed by atoms with Crippen molar-refractivity contribution in [3.8, 4) is 5.69 Å². The van der Waals surface area contributed by atoms with E-state index in [-0.39, 0.29) is 11.4 Å². The third-order valence-electron chi connectivity index (χ3n) is 5.46. The summed E-state index contributed by atoms with van der Waals surface area (Å²) in [6.45, 7) is 14.8. The molecule has 0 aliphatic carbocycles. The van der Waals surface area contributed by atoms with Gasteiger partial charge in [0, 0.05) is 28.3 Å². The largest absolute Gasteiger partial charge is 0.339 e. The van der Waals surface area contributed by atoms with Crippen LogP contribution in [-0.2, 0) is 5.41 Å². The minimum absolute atomic E-state index is 0.125. The second-order valence-corrected chi connectivity index (χ2v) is 9.10. The second kappa shape index (κ2) is 8.80. The zero-order chi connectivity index (χ0) is 22.8. The van der Waals surface area contributed by atoms with Gasteiger partial charge in [-0.25, -0.2) is 10.2 Å². The van der Waals surface area contributed by atoms with E-state index in [1.165, 1.54) is 5.56 Å². The van der Waals surface area contributed by atoms with Crippen LogP contribution >= 0.6 is 0 Å². The minimum Gasteiger partial charge on any atom is -0.318 e. The highest BCUT2D eigenvalue weighted by Gasteiger charge is 2.14. The Morgan fingerprint density at radius 2 is 1.65 bits per heavy atom. The van der Waals surface area contributed by atoms with Gasteiger partial charge in [-0.2, -0.15) is 5.10 Å². The van der Waals surface area contributed by atoms with Gasteiger partial charge in [-0.15, -0.1) is 0 Å². The minimum atomic E-state index is -0.366. The van der Waals surface area contributed by atoms with Crippen molar-refractivity contribution in [1.82, 2.24) is 9.99 Å². The average molecular weight is 417 g/mol. The van der Waals surface area contributed by atoms with E-state index in [1.807, 2.05) is 32.0 Å². The summed E-state index contributed by atoms with van der Waals surface area (Å²) in [5, 5.41) is 6.97. The van der Waals surface area contributed by atoms with Gasteiger partial charge in [-0.05, 0) is 68.5 Å². The van der Waals surface area contributed by atoms with Gasteiger partial charge in [0.25, 0.3) is 0 Å². The number of aromatic nitrogens is 1. The molecule has 0 spiro atoms. The number of hydrogen-bond acceptors (Lipinski definition) is 2. The molecule has 3 rings (SSSR count). The Morgan fingerprint density at radius 1 is 0.968 bits per heavy atom. The highest BCUT2D eigenvalue weighted by atomic mass is 16.2. The Kier molecular flexibility index (Phi) is 6.34. The monoisotopic (exact) mass is 416 g/mol. The van der Waals surface area contributed by atoms with Crippen LogP contribution in [0.3, 0.4) is 0 Å². The third-order valence-corrected chi connectivity index (χ3v) is 5.46. The molecule has 1 heterocycles. The molecule has 1 aromatic heterocycles. The van der Waals surface area contributed by atoms with E-state index < -0.39 is 0 Å². The number of aryl methyl sites for hydroxylation is 3. The molecule has 0 atom stereocenters. The van der Waals surface area contributed by atoms with E-state index in [0.717, 1.165) is 39.5 Å². The number of carbonyl (C=O) groups excluding carboxylic acids is 1. The summed E-state index contributed by atoms with van der Waals surface area (Å²) in [4.78, 5) is 12.2. The summed E-state index contributed by atoms with van der Waals surface area (Å²) in [6.07, 6.45) is 1.68. The molecule has 0 unspecified atom stereocenters. The fourth-order valence-corrected chi connectivity index (χ4v) is 3.69. The predicted molar refractivity (Wildman–Crippen MR) is 130 cm³/mol. The van der Waals surface area contributed by atoms with E-state index in [1.54, 1.807) is 6.21 Å². The predicted octanol–water partition coefficient (Wildman–Crippen LogP) is 6.16. The zero-order valence-electron chi connectivity index (χ0n) is 19.5. The molecule has 0 bridgehead atoms. The summed E-state index contributed by atoms with van der Waals surface area (Å²) in [7, 11) is 0. The maximum atomic E-state index is 12.2. The van der Waals surface area contributed by atoms with E-state index in [0.29, 0.717) is 0 Å². The number of nitrogens with one attached hydrogen (secondary N) is 2. The fourth-order valence-electron chi connectivity index (χ4n) is 3.69. The zero-order valence-corrected chi connectivity index (χ0v) is 19.5. The molecule has 0 aliphatic heterocycles. The van der Waals surface area contributed by atoms with Gasteiger partial charge in [0.05, 0.1) is 6.21 Å². The van der Waals surface area contributed by atoms with Crippen LogP contribution in [0, 0.1) is 27.7 Å². The molecule has 5 nitrogen and oxygen atoms in total. The maximum Gasteiger partial charge on any atom is 0.339 e. The molecular weight excluding hydrogens is 384 g/mol. The molecule has 2 aromatic carbocycles. The lowest BCUT2D eigenvalue weighted by molar-refractivity contribution is 0.252. The number of hydrogen-bond donors (Lipinski definition) is 2. The van der Waals surface area contributed by atoms with Crippen LogP contribution in [0.5, 0.6) is 0 Å². The SMILES string of the molecule is Cc1ccc(NC(=O)N/N=C/c2cc(C)n(-c3ccc(C(C)(C)C)cc3)c2C)c(C)c1. The van der Waals surface area contributed by atoms with Gasteiger partial charge in [-0.3, -0.25) is 0 Å². The molecule has 0 radical (unpaired) electrons. The van der Waals surface area contributed by atoms with Crippen LogP contribution < -0.4 is 10.7 Å². The van der Waals surface area contributed by atoms with Crippen molar-refractivity contribution >= 4 is 17.9 Å². The van der Waals surface area contributed by atoms with Crippen LogP contribution in [0.2, 0.25) is 0 Å². The van der Waals surface area contributed by atoms with Gasteiger partial charge in [0.15, 0.2) is 0 Å². The smallest absolute Gasteiger partial charge is 0.318 e. The number of amides is 2. The van der Waals surface area contributed by atoms with Crippen molar-refractivity contribution in [2.75, 3.05) is 5.32 Å². The number of carbonyl (C=O) groups is 1. The van der Waals surface area contributed by atoms with Crippen LogP contribution in [0.4, 0.5) is 10.5 Å². The summed E-state index contributed by atoms with van der Waals surface area (Å²) in [6, 6.07) is 16.3.